The number of rotatable bonds is 3. The second kappa shape index (κ2) is 3.94. The van der Waals surface area contributed by atoms with Crippen LogP contribution in [0.2, 0.25) is 0 Å². The Balaban J connectivity index is 2.18. The minimum atomic E-state index is 0.458. The van der Waals surface area contributed by atoms with Gasteiger partial charge in [-0.05, 0) is 12.8 Å². The molecule has 2 heteroatoms. The summed E-state index contributed by atoms with van der Waals surface area (Å²) in [5.41, 5.74) is 0. The summed E-state index contributed by atoms with van der Waals surface area (Å²) in [6.07, 6.45) is 2.89. The van der Waals surface area contributed by atoms with E-state index in [0.717, 1.165) is 13.2 Å². The van der Waals surface area contributed by atoms with Crippen LogP contribution in [0.1, 0.15) is 19.8 Å². The van der Waals surface area contributed by atoms with Crippen molar-refractivity contribution >= 4 is 0 Å². The molecule has 1 aliphatic rings. The molecule has 1 saturated heterocycles. The van der Waals surface area contributed by atoms with Crippen molar-refractivity contribution in [3.8, 4) is 0 Å². The van der Waals surface area contributed by atoms with Gasteiger partial charge in [0.1, 0.15) is 0 Å². The fourth-order valence-corrected chi connectivity index (χ4v) is 1.42. The van der Waals surface area contributed by atoms with Crippen molar-refractivity contribution in [2.45, 2.75) is 25.9 Å². The van der Waals surface area contributed by atoms with Crippen LogP contribution < -0.4 is 0 Å². The minimum Gasteiger partial charge on any atom is -0.384 e. The van der Waals surface area contributed by atoms with Crippen molar-refractivity contribution in [3.05, 3.63) is 0 Å². The second-order valence-corrected chi connectivity index (χ2v) is 2.98. The Morgan fingerprint density at radius 3 is 3.00 bits per heavy atom. The standard InChI is InChI=1S/C8H16O2/c1-7(6-9-2)8-4-3-5-10-8/h7-8H,3-6H2,1-2H3/t7-,8?/m0/s1. The molecule has 60 valence electrons. The first-order chi connectivity index (χ1) is 4.84. The third-order valence-corrected chi connectivity index (χ3v) is 2.03. The Labute approximate surface area is 62.5 Å². The zero-order chi connectivity index (χ0) is 7.40. The van der Waals surface area contributed by atoms with Gasteiger partial charge < -0.3 is 9.47 Å². The van der Waals surface area contributed by atoms with E-state index in [1.54, 1.807) is 7.11 Å². The summed E-state index contributed by atoms with van der Waals surface area (Å²) in [5.74, 6) is 0.562. The van der Waals surface area contributed by atoms with Crippen LogP contribution in [0.15, 0.2) is 0 Å². The molecule has 0 amide bonds. The van der Waals surface area contributed by atoms with Crippen LogP contribution in [0.5, 0.6) is 0 Å². The van der Waals surface area contributed by atoms with Crippen LogP contribution in [-0.4, -0.2) is 26.4 Å². The molecule has 0 N–H and O–H groups in total. The minimum absolute atomic E-state index is 0.458. The van der Waals surface area contributed by atoms with E-state index in [9.17, 15) is 0 Å². The molecule has 0 aliphatic carbocycles. The molecule has 0 aromatic carbocycles. The van der Waals surface area contributed by atoms with Gasteiger partial charge in [-0.1, -0.05) is 6.92 Å². The highest BCUT2D eigenvalue weighted by Gasteiger charge is 2.21. The maximum absolute atomic E-state index is 5.49. The van der Waals surface area contributed by atoms with Gasteiger partial charge >= 0.3 is 0 Å². The van der Waals surface area contributed by atoms with Gasteiger partial charge in [-0.15, -0.1) is 0 Å². The lowest BCUT2D eigenvalue weighted by atomic mass is 10.0. The predicted molar refractivity (Wildman–Crippen MR) is 40.0 cm³/mol. The zero-order valence-corrected chi connectivity index (χ0v) is 6.80. The van der Waals surface area contributed by atoms with Gasteiger partial charge in [-0.2, -0.15) is 0 Å². The predicted octanol–water partition coefficient (Wildman–Crippen LogP) is 1.45. The Morgan fingerprint density at radius 2 is 2.50 bits per heavy atom. The van der Waals surface area contributed by atoms with Crippen molar-refractivity contribution in [3.63, 3.8) is 0 Å². The molecule has 2 atom stereocenters. The van der Waals surface area contributed by atoms with Gasteiger partial charge in [0.15, 0.2) is 0 Å². The molecular weight excluding hydrogens is 128 g/mol. The summed E-state index contributed by atoms with van der Waals surface area (Å²) in [6, 6.07) is 0. The highest BCUT2D eigenvalue weighted by molar-refractivity contribution is 4.70. The van der Waals surface area contributed by atoms with Crippen molar-refractivity contribution in [2.75, 3.05) is 20.3 Å². The lowest BCUT2D eigenvalue weighted by Gasteiger charge is -2.16. The lowest BCUT2D eigenvalue weighted by Crippen LogP contribution is -2.20. The number of ether oxygens (including phenoxy) is 2. The summed E-state index contributed by atoms with van der Waals surface area (Å²) in [6.45, 7) is 3.95. The monoisotopic (exact) mass is 144 g/mol. The molecule has 0 aromatic heterocycles. The molecule has 1 unspecified atom stereocenters. The smallest absolute Gasteiger partial charge is 0.0623 e. The maximum atomic E-state index is 5.49. The van der Waals surface area contributed by atoms with Crippen LogP contribution in [-0.2, 0) is 9.47 Å². The highest BCUT2D eigenvalue weighted by atomic mass is 16.5. The van der Waals surface area contributed by atoms with Crippen LogP contribution in [0.4, 0.5) is 0 Å². The molecule has 0 radical (unpaired) electrons. The largest absolute Gasteiger partial charge is 0.384 e. The van der Waals surface area contributed by atoms with Gasteiger partial charge in [0, 0.05) is 19.6 Å². The average Bonchev–Trinajstić information content (AvgIpc) is 2.38. The molecule has 2 nitrogen and oxygen atoms in total. The van der Waals surface area contributed by atoms with E-state index < -0.39 is 0 Å². The van der Waals surface area contributed by atoms with E-state index in [1.165, 1.54) is 12.8 Å². The lowest BCUT2D eigenvalue weighted by molar-refractivity contribution is 0.0318. The highest BCUT2D eigenvalue weighted by Crippen LogP contribution is 2.19. The average molecular weight is 144 g/mol. The Kier molecular flexibility index (Phi) is 3.16. The first-order valence-corrected chi connectivity index (χ1v) is 3.95. The van der Waals surface area contributed by atoms with E-state index in [0.29, 0.717) is 12.0 Å². The van der Waals surface area contributed by atoms with E-state index in [-0.39, 0.29) is 0 Å². The van der Waals surface area contributed by atoms with Crippen LogP contribution in [0, 0.1) is 5.92 Å². The molecule has 1 rings (SSSR count). The van der Waals surface area contributed by atoms with E-state index in [2.05, 4.69) is 6.92 Å². The van der Waals surface area contributed by atoms with Gasteiger partial charge in [-0.3, -0.25) is 0 Å². The van der Waals surface area contributed by atoms with E-state index in [4.69, 9.17) is 9.47 Å². The first-order valence-electron chi connectivity index (χ1n) is 3.95. The van der Waals surface area contributed by atoms with Crippen LogP contribution in [0.3, 0.4) is 0 Å². The normalized spacial score (nSPS) is 28.8. The third-order valence-electron chi connectivity index (χ3n) is 2.03. The summed E-state index contributed by atoms with van der Waals surface area (Å²) in [5, 5.41) is 0. The topological polar surface area (TPSA) is 18.5 Å². The van der Waals surface area contributed by atoms with Crippen LogP contribution in [0.25, 0.3) is 0 Å². The van der Waals surface area contributed by atoms with E-state index >= 15 is 0 Å². The summed E-state index contributed by atoms with van der Waals surface area (Å²) in [4.78, 5) is 0. The first kappa shape index (κ1) is 8.02. The molecule has 10 heavy (non-hydrogen) atoms. The number of hydrogen-bond acceptors (Lipinski definition) is 2. The van der Waals surface area contributed by atoms with Gasteiger partial charge in [-0.25, -0.2) is 0 Å². The third kappa shape index (κ3) is 1.96. The Morgan fingerprint density at radius 1 is 1.70 bits per heavy atom. The molecule has 0 saturated carbocycles. The second-order valence-electron chi connectivity index (χ2n) is 2.98. The van der Waals surface area contributed by atoms with Crippen molar-refractivity contribution in [2.24, 2.45) is 5.92 Å². The molecule has 1 fully saturated rings. The Hall–Kier alpha value is -0.0800. The SMILES string of the molecule is COC[C@H](C)C1CCCO1. The van der Waals surface area contributed by atoms with Crippen molar-refractivity contribution < 1.29 is 9.47 Å². The van der Waals surface area contributed by atoms with Gasteiger partial charge in [0.2, 0.25) is 0 Å². The van der Waals surface area contributed by atoms with E-state index in [1.807, 2.05) is 0 Å². The quantitative estimate of drug-likeness (QED) is 0.597. The Bertz CT molecular complexity index is 87.3. The molecular formula is C8H16O2. The molecule has 1 aliphatic heterocycles. The summed E-state index contributed by atoms with van der Waals surface area (Å²) < 4.78 is 10.5. The zero-order valence-electron chi connectivity index (χ0n) is 6.80. The molecule has 0 bridgehead atoms. The van der Waals surface area contributed by atoms with Crippen molar-refractivity contribution in [1.29, 1.82) is 0 Å². The maximum Gasteiger partial charge on any atom is 0.0623 e. The fraction of sp³-hybridized carbons (Fsp3) is 1.00. The van der Waals surface area contributed by atoms with Crippen LogP contribution >= 0.6 is 0 Å². The number of hydrogen-bond donors (Lipinski definition) is 0. The molecule has 0 aromatic rings. The number of methoxy groups -OCH3 is 1. The molecule has 1 heterocycles. The fourth-order valence-electron chi connectivity index (χ4n) is 1.42. The summed E-state index contributed by atoms with van der Waals surface area (Å²) in [7, 11) is 1.74. The van der Waals surface area contributed by atoms with Gasteiger partial charge in [0.05, 0.1) is 12.7 Å². The molecule has 0 spiro atoms. The van der Waals surface area contributed by atoms with Crippen molar-refractivity contribution in [1.82, 2.24) is 0 Å². The summed E-state index contributed by atoms with van der Waals surface area (Å²) >= 11 is 0. The van der Waals surface area contributed by atoms with Gasteiger partial charge in [0.25, 0.3) is 0 Å².